The summed E-state index contributed by atoms with van der Waals surface area (Å²) in [4.78, 5) is 11.9. The number of rotatable bonds is 5. The zero-order valence-corrected chi connectivity index (χ0v) is 13.2. The lowest BCUT2D eigenvalue weighted by molar-refractivity contribution is 0.0534. The smallest absolute Gasteiger partial charge is 0.339 e. The van der Waals surface area contributed by atoms with Crippen molar-refractivity contribution in [3.63, 3.8) is 0 Å². The van der Waals surface area contributed by atoms with Gasteiger partial charge in [-0.2, -0.15) is 0 Å². The van der Waals surface area contributed by atoms with E-state index in [-0.39, 0.29) is 5.97 Å². The summed E-state index contributed by atoms with van der Waals surface area (Å²) in [6.07, 6.45) is 5.67. The summed E-state index contributed by atoms with van der Waals surface area (Å²) >= 11 is 0. The Hall–Kier alpha value is -2.03. The van der Waals surface area contributed by atoms with Crippen molar-refractivity contribution in [2.75, 3.05) is 7.11 Å². The summed E-state index contributed by atoms with van der Waals surface area (Å²) in [5.41, 5.74) is 5.98. The van der Waals surface area contributed by atoms with E-state index in [0.29, 0.717) is 6.61 Å². The molecule has 0 amide bonds. The van der Waals surface area contributed by atoms with Crippen LogP contribution in [0.25, 0.3) is 0 Å². The molecule has 0 bridgehead atoms. The first-order chi connectivity index (χ1) is 10.0. The van der Waals surface area contributed by atoms with Crippen LogP contribution in [0.3, 0.4) is 0 Å². The van der Waals surface area contributed by atoms with Crippen molar-refractivity contribution in [3.8, 4) is 5.75 Å². The highest BCUT2D eigenvalue weighted by molar-refractivity contribution is 5.96. The van der Waals surface area contributed by atoms with Crippen LogP contribution < -0.4 is 4.74 Å². The van der Waals surface area contributed by atoms with E-state index in [2.05, 4.69) is 19.6 Å². The van der Waals surface area contributed by atoms with Gasteiger partial charge >= 0.3 is 5.97 Å². The van der Waals surface area contributed by atoms with Crippen molar-refractivity contribution in [1.82, 2.24) is 0 Å². The summed E-state index contributed by atoms with van der Waals surface area (Å²) in [7, 11) is 1.68. The monoisotopic (exact) mass is 286 g/mol. The minimum Gasteiger partial charge on any atom is -0.496 e. The van der Waals surface area contributed by atoms with Crippen LogP contribution >= 0.6 is 0 Å². The first kappa shape index (κ1) is 15.4. The van der Waals surface area contributed by atoms with E-state index < -0.39 is 0 Å². The molecule has 2 rings (SSSR count). The molecule has 1 aromatic carbocycles. The maximum absolute atomic E-state index is 11.9. The summed E-state index contributed by atoms with van der Waals surface area (Å²) in [5, 5.41) is 0. The maximum atomic E-state index is 11.9. The van der Waals surface area contributed by atoms with Gasteiger partial charge in [-0.15, -0.1) is 6.58 Å². The molecule has 1 aliphatic heterocycles. The fourth-order valence-corrected chi connectivity index (χ4v) is 2.87. The number of methoxy groups -OCH3 is 1. The lowest BCUT2D eigenvalue weighted by Gasteiger charge is -2.17. The number of allylic oxidation sites excluding steroid dienone is 3. The van der Waals surface area contributed by atoms with E-state index in [1.807, 2.05) is 19.9 Å². The van der Waals surface area contributed by atoms with Gasteiger partial charge in [-0.3, -0.25) is 0 Å². The number of hydrogen-bond acceptors (Lipinski definition) is 3. The van der Waals surface area contributed by atoms with E-state index in [1.54, 1.807) is 7.11 Å². The fraction of sp³-hybridized carbons (Fsp3) is 0.389. The van der Waals surface area contributed by atoms with Crippen molar-refractivity contribution in [3.05, 3.63) is 52.1 Å². The van der Waals surface area contributed by atoms with Crippen molar-refractivity contribution < 1.29 is 14.3 Å². The Bertz CT molecular complexity index is 624. The average molecular weight is 286 g/mol. The minimum absolute atomic E-state index is 0.221. The van der Waals surface area contributed by atoms with Gasteiger partial charge in [-0.25, -0.2) is 4.79 Å². The Kier molecular flexibility index (Phi) is 4.51. The number of carbonyl (C=O) groups is 1. The van der Waals surface area contributed by atoms with Gasteiger partial charge in [0.15, 0.2) is 0 Å². The second-order valence-electron chi connectivity index (χ2n) is 5.44. The standard InChI is InChI=1S/C18H22O3/c1-6-7-11(2)8-9-14-12(3)16-15(10-21-18(16)19)13(4)17(14)20-5/h6,8H,1,7,9-10H2,2-5H3/b11-8+. The molecule has 1 aliphatic rings. The van der Waals surface area contributed by atoms with Gasteiger partial charge < -0.3 is 9.47 Å². The molecule has 0 unspecified atom stereocenters. The van der Waals surface area contributed by atoms with Crippen LogP contribution in [0.15, 0.2) is 24.3 Å². The quantitative estimate of drug-likeness (QED) is 0.605. The predicted octanol–water partition coefficient (Wildman–Crippen LogP) is 4.05. The van der Waals surface area contributed by atoms with Gasteiger partial charge in [0.2, 0.25) is 0 Å². The summed E-state index contributed by atoms with van der Waals surface area (Å²) in [5.74, 6) is 0.647. The molecule has 3 nitrogen and oxygen atoms in total. The molecule has 0 spiro atoms. The lowest BCUT2D eigenvalue weighted by Crippen LogP contribution is -2.06. The molecule has 1 heterocycles. The number of esters is 1. The van der Waals surface area contributed by atoms with Crippen LogP contribution in [0.1, 0.15) is 46.0 Å². The molecular weight excluding hydrogens is 264 g/mol. The molecule has 0 N–H and O–H groups in total. The van der Waals surface area contributed by atoms with Crippen LogP contribution in [0.4, 0.5) is 0 Å². The van der Waals surface area contributed by atoms with Gasteiger partial charge in [0.05, 0.1) is 12.7 Å². The minimum atomic E-state index is -0.221. The number of hydrogen-bond donors (Lipinski definition) is 0. The third kappa shape index (κ3) is 2.73. The Morgan fingerprint density at radius 2 is 2.10 bits per heavy atom. The zero-order chi connectivity index (χ0) is 15.6. The number of benzene rings is 1. The van der Waals surface area contributed by atoms with Gasteiger partial charge in [-0.05, 0) is 44.7 Å². The largest absolute Gasteiger partial charge is 0.496 e. The Labute approximate surface area is 126 Å². The molecule has 0 fully saturated rings. The normalized spacial score (nSPS) is 13.9. The number of fused-ring (bicyclic) bond motifs is 1. The Balaban J connectivity index is 2.52. The van der Waals surface area contributed by atoms with Gasteiger partial charge in [0.1, 0.15) is 12.4 Å². The van der Waals surface area contributed by atoms with E-state index >= 15 is 0 Å². The Morgan fingerprint density at radius 3 is 2.71 bits per heavy atom. The maximum Gasteiger partial charge on any atom is 0.339 e. The van der Waals surface area contributed by atoms with Crippen molar-refractivity contribution in [2.45, 2.75) is 40.2 Å². The molecule has 0 aliphatic carbocycles. The first-order valence-electron chi connectivity index (χ1n) is 7.13. The molecule has 112 valence electrons. The van der Waals surface area contributed by atoms with E-state index in [4.69, 9.17) is 9.47 Å². The molecule has 1 aromatic rings. The molecule has 3 heteroatoms. The van der Waals surface area contributed by atoms with Gasteiger partial charge in [0, 0.05) is 11.1 Å². The number of ether oxygens (including phenoxy) is 2. The predicted molar refractivity (Wildman–Crippen MR) is 83.9 cm³/mol. The number of carbonyl (C=O) groups excluding carboxylic acids is 1. The molecule has 0 saturated carbocycles. The molecular formula is C18H22O3. The lowest BCUT2D eigenvalue weighted by atomic mass is 9.91. The highest BCUT2D eigenvalue weighted by Gasteiger charge is 2.29. The third-order valence-corrected chi connectivity index (χ3v) is 4.07. The second kappa shape index (κ2) is 6.17. The molecule has 0 atom stereocenters. The zero-order valence-electron chi connectivity index (χ0n) is 13.2. The van der Waals surface area contributed by atoms with Crippen LogP contribution in [0.2, 0.25) is 0 Å². The second-order valence-corrected chi connectivity index (χ2v) is 5.44. The topological polar surface area (TPSA) is 35.5 Å². The van der Waals surface area contributed by atoms with Crippen LogP contribution in [-0.4, -0.2) is 13.1 Å². The summed E-state index contributed by atoms with van der Waals surface area (Å²) in [6, 6.07) is 0. The van der Waals surface area contributed by atoms with Gasteiger partial charge in [0.25, 0.3) is 0 Å². The molecule has 0 radical (unpaired) electrons. The average Bonchev–Trinajstić information content (AvgIpc) is 2.84. The van der Waals surface area contributed by atoms with E-state index in [0.717, 1.165) is 46.4 Å². The molecule has 21 heavy (non-hydrogen) atoms. The summed E-state index contributed by atoms with van der Waals surface area (Å²) in [6.45, 7) is 10.1. The fourth-order valence-electron chi connectivity index (χ4n) is 2.87. The molecule has 0 aromatic heterocycles. The highest BCUT2D eigenvalue weighted by atomic mass is 16.5. The Morgan fingerprint density at radius 1 is 1.38 bits per heavy atom. The van der Waals surface area contributed by atoms with Gasteiger partial charge in [-0.1, -0.05) is 17.7 Å². The van der Waals surface area contributed by atoms with Crippen LogP contribution in [-0.2, 0) is 17.8 Å². The highest BCUT2D eigenvalue weighted by Crippen LogP contribution is 2.37. The molecule has 0 saturated heterocycles. The van der Waals surface area contributed by atoms with Crippen LogP contribution in [0, 0.1) is 13.8 Å². The SMILES string of the molecule is C=CC/C(C)=C/Cc1c(C)c2c(c(C)c1OC)COC2=O. The van der Waals surface area contributed by atoms with Crippen molar-refractivity contribution in [1.29, 1.82) is 0 Å². The first-order valence-corrected chi connectivity index (χ1v) is 7.13. The summed E-state index contributed by atoms with van der Waals surface area (Å²) < 4.78 is 10.8. The third-order valence-electron chi connectivity index (χ3n) is 4.07. The van der Waals surface area contributed by atoms with Crippen LogP contribution in [0.5, 0.6) is 5.75 Å². The van der Waals surface area contributed by atoms with E-state index in [9.17, 15) is 4.79 Å². The number of cyclic esters (lactones) is 1. The van der Waals surface area contributed by atoms with Crippen molar-refractivity contribution in [2.24, 2.45) is 0 Å². The van der Waals surface area contributed by atoms with E-state index in [1.165, 1.54) is 5.57 Å². The van der Waals surface area contributed by atoms with Crippen molar-refractivity contribution >= 4 is 5.97 Å².